The fourth-order valence-corrected chi connectivity index (χ4v) is 2.64. The van der Waals surface area contributed by atoms with Crippen LogP contribution in [0.5, 0.6) is 0 Å². The lowest BCUT2D eigenvalue weighted by Gasteiger charge is -2.30. The second-order valence-electron chi connectivity index (χ2n) is 5.18. The van der Waals surface area contributed by atoms with Gasteiger partial charge < -0.3 is 10.2 Å². The average molecular weight is 289 g/mol. The molecule has 1 saturated heterocycles. The molecular weight excluding hydrogens is 270 g/mol. The molecule has 1 aliphatic heterocycles. The first-order valence-electron chi connectivity index (χ1n) is 7.16. The summed E-state index contributed by atoms with van der Waals surface area (Å²) in [6.45, 7) is 5.55. The van der Waals surface area contributed by atoms with Gasteiger partial charge in [-0.15, -0.1) is 0 Å². The number of hydrogen-bond donors (Lipinski definition) is 1. The highest BCUT2D eigenvalue weighted by atomic mass is 16.6. The lowest BCUT2D eigenvalue weighted by atomic mass is 9.99. The Balaban J connectivity index is 2.20. The van der Waals surface area contributed by atoms with Crippen molar-refractivity contribution in [2.75, 3.05) is 31.1 Å². The van der Waals surface area contributed by atoms with Crippen LogP contribution in [0.4, 0.5) is 11.5 Å². The van der Waals surface area contributed by atoms with Gasteiger partial charge in [-0.2, -0.15) is 5.26 Å². The molecule has 7 nitrogen and oxygen atoms in total. The molecule has 0 amide bonds. The molecule has 1 aromatic rings. The molecule has 2 rings (SSSR count). The Morgan fingerprint density at radius 3 is 3.05 bits per heavy atom. The molecule has 1 fully saturated rings. The molecule has 1 N–H and O–H groups in total. The third kappa shape index (κ3) is 3.67. The number of nitriles is 1. The quantitative estimate of drug-likeness (QED) is 0.654. The van der Waals surface area contributed by atoms with Crippen LogP contribution in [-0.4, -0.2) is 36.1 Å². The Hall–Kier alpha value is -2.20. The van der Waals surface area contributed by atoms with E-state index in [2.05, 4.69) is 10.3 Å². The Kier molecular flexibility index (Phi) is 5.06. The molecule has 0 aromatic carbocycles. The van der Waals surface area contributed by atoms with Gasteiger partial charge in [-0.1, -0.05) is 0 Å². The summed E-state index contributed by atoms with van der Waals surface area (Å²) >= 11 is 0. The van der Waals surface area contributed by atoms with Crippen molar-refractivity contribution in [1.29, 1.82) is 5.26 Å². The maximum Gasteiger partial charge on any atom is 0.289 e. The number of pyridine rings is 1. The minimum atomic E-state index is -0.529. The highest BCUT2D eigenvalue weighted by molar-refractivity contribution is 5.57. The fourth-order valence-electron chi connectivity index (χ4n) is 2.64. The second kappa shape index (κ2) is 6.99. The van der Waals surface area contributed by atoms with Crippen molar-refractivity contribution in [3.8, 4) is 6.07 Å². The number of nitrogens with one attached hydrogen (secondary N) is 1. The summed E-state index contributed by atoms with van der Waals surface area (Å²) in [5.74, 6) is 1.05. The van der Waals surface area contributed by atoms with Crippen molar-refractivity contribution in [1.82, 2.24) is 10.3 Å². The van der Waals surface area contributed by atoms with E-state index in [0.717, 1.165) is 39.0 Å². The van der Waals surface area contributed by atoms with Crippen molar-refractivity contribution in [3.63, 3.8) is 0 Å². The molecule has 21 heavy (non-hydrogen) atoms. The lowest BCUT2D eigenvalue weighted by molar-refractivity contribution is -0.385. The summed E-state index contributed by atoms with van der Waals surface area (Å²) < 4.78 is 0. The Morgan fingerprint density at radius 1 is 1.67 bits per heavy atom. The van der Waals surface area contributed by atoms with Crippen molar-refractivity contribution in [3.05, 3.63) is 27.9 Å². The molecule has 2 heterocycles. The summed E-state index contributed by atoms with van der Waals surface area (Å²) in [4.78, 5) is 16.4. The molecule has 0 saturated carbocycles. The van der Waals surface area contributed by atoms with Crippen LogP contribution in [0.2, 0.25) is 0 Å². The predicted octanol–water partition coefficient (Wildman–Crippen LogP) is 1.69. The van der Waals surface area contributed by atoms with E-state index in [-0.39, 0.29) is 11.3 Å². The van der Waals surface area contributed by atoms with Gasteiger partial charge in [0.25, 0.3) is 5.69 Å². The minimum Gasteiger partial charge on any atom is -0.355 e. The van der Waals surface area contributed by atoms with Gasteiger partial charge in [0, 0.05) is 19.2 Å². The highest BCUT2D eigenvalue weighted by Crippen LogP contribution is 2.23. The third-order valence-electron chi connectivity index (χ3n) is 3.74. The number of aromatic nitrogens is 1. The monoisotopic (exact) mass is 289 g/mol. The van der Waals surface area contributed by atoms with E-state index in [0.29, 0.717) is 11.7 Å². The van der Waals surface area contributed by atoms with Gasteiger partial charge in [0.2, 0.25) is 0 Å². The first kappa shape index (κ1) is 15.2. The molecule has 1 unspecified atom stereocenters. The predicted molar refractivity (Wildman–Crippen MR) is 79.1 cm³/mol. The molecule has 0 aliphatic carbocycles. The fraction of sp³-hybridized carbons (Fsp3) is 0.571. The maximum atomic E-state index is 10.8. The smallest absolute Gasteiger partial charge is 0.289 e. The standard InChI is InChI=1S/C14H19N5O2/c1-2-18(10-11-4-3-5-16-8-11)14-12(7-15)6-13(9-17-14)19(20)21/h6,9,11,16H,2-5,8,10H2,1H3. The van der Waals surface area contributed by atoms with E-state index < -0.39 is 4.92 Å². The van der Waals surface area contributed by atoms with Crippen molar-refractivity contribution in [2.45, 2.75) is 19.8 Å². The van der Waals surface area contributed by atoms with Crippen molar-refractivity contribution >= 4 is 11.5 Å². The number of nitrogens with zero attached hydrogens (tertiary/aromatic N) is 4. The van der Waals surface area contributed by atoms with Crippen molar-refractivity contribution in [2.24, 2.45) is 5.92 Å². The highest BCUT2D eigenvalue weighted by Gasteiger charge is 2.21. The number of piperidine rings is 1. The van der Waals surface area contributed by atoms with Gasteiger partial charge in [-0.3, -0.25) is 10.1 Å². The molecule has 1 atom stereocenters. The minimum absolute atomic E-state index is 0.148. The normalized spacial score (nSPS) is 18.0. The summed E-state index contributed by atoms with van der Waals surface area (Å²) in [5, 5.41) is 23.4. The zero-order valence-corrected chi connectivity index (χ0v) is 12.1. The van der Waals surface area contributed by atoms with E-state index in [4.69, 9.17) is 0 Å². The average Bonchev–Trinajstić information content (AvgIpc) is 2.53. The molecule has 1 aliphatic rings. The molecule has 1 aromatic heterocycles. The first-order chi connectivity index (χ1) is 10.2. The van der Waals surface area contributed by atoms with E-state index in [9.17, 15) is 15.4 Å². The summed E-state index contributed by atoms with van der Waals surface area (Å²) in [7, 11) is 0. The van der Waals surface area contributed by atoms with Gasteiger partial charge in [0.15, 0.2) is 0 Å². The number of hydrogen-bond acceptors (Lipinski definition) is 6. The van der Waals surface area contributed by atoms with Gasteiger partial charge in [0.05, 0.1) is 4.92 Å². The van der Waals surface area contributed by atoms with Crippen LogP contribution in [-0.2, 0) is 0 Å². The Morgan fingerprint density at radius 2 is 2.48 bits per heavy atom. The SMILES string of the molecule is CCN(CC1CCCNC1)c1ncc([N+](=O)[O-])cc1C#N. The molecule has 7 heteroatoms. The van der Waals surface area contributed by atoms with Gasteiger partial charge in [-0.05, 0) is 38.8 Å². The van der Waals surface area contributed by atoms with Gasteiger partial charge >= 0.3 is 0 Å². The van der Waals surface area contributed by atoms with Crippen LogP contribution in [0.15, 0.2) is 12.3 Å². The Bertz CT molecular complexity index is 549. The maximum absolute atomic E-state index is 10.8. The lowest BCUT2D eigenvalue weighted by Crippen LogP contribution is -2.38. The molecule has 112 valence electrons. The number of anilines is 1. The zero-order chi connectivity index (χ0) is 15.2. The zero-order valence-electron chi connectivity index (χ0n) is 12.1. The first-order valence-corrected chi connectivity index (χ1v) is 7.16. The van der Waals surface area contributed by atoms with E-state index in [1.54, 1.807) is 0 Å². The van der Waals surface area contributed by atoms with E-state index in [1.807, 2.05) is 17.9 Å². The van der Waals surface area contributed by atoms with E-state index in [1.165, 1.54) is 12.3 Å². The van der Waals surface area contributed by atoms with Crippen LogP contribution in [0, 0.1) is 27.4 Å². The molecule has 0 spiro atoms. The molecule has 0 bridgehead atoms. The van der Waals surface area contributed by atoms with Crippen LogP contribution in [0.3, 0.4) is 0 Å². The van der Waals surface area contributed by atoms with Crippen LogP contribution < -0.4 is 10.2 Å². The Labute approximate surface area is 123 Å². The van der Waals surface area contributed by atoms with Crippen molar-refractivity contribution < 1.29 is 4.92 Å². The van der Waals surface area contributed by atoms with Crippen LogP contribution >= 0.6 is 0 Å². The van der Waals surface area contributed by atoms with Gasteiger partial charge in [0.1, 0.15) is 23.6 Å². The topological polar surface area (TPSA) is 95.1 Å². The van der Waals surface area contributed by atoms with E-state index >= 15 is 0 Å². The van der Waals surface area contributed by atoms with Crippen LogP contribution in [0.1, 0.15) is 25.3 Å². The summed E-state index contributed by atoms with van der Waals surface area (Å²) in [6, 6.07) is 3.31. The number of rotatable bonds is 5. The second-order valence-corrected chi connectivity index (χ2v) is 5.18. The molecular formula is C14H19N5O2. The summed E-state index contributed by atoms with van der Waals surface area (Å²) in [6.07, 6.45) is 3.53. The van der Waals surface area contributed by atoms with Gasteiger partial charge in [-0.25, -0.2) is 4.98 Å². The molecule has 0 radical (unpaired) electrons. The largest absolute Gasteiger partial charge is 0.355 e. The van der Waals surface area contributed by atoms with Crippen LogP contribution in [0.25, 0.3) is 0 Å². The summed E-state index contributed by atoms with van der Waals surface area (Å²) in [5.41, 5.74) is 0.112. The number of nitro groups is 1. The third-order valence-corrected chi connectivity index (χ3v) is 3.74.